The van der Waals surface area contributed by atoms with Crippen LogP contribution in [0, 0.1) is 0 Å². The highest BCUT2D eigenvalue weighted by Gasteiger charge is 2.48. The number of hydrogen-bond acceptors (Lipinski definition) is 4. The molecule has 2 N–H and O–H groups in total. The molecule has 0 radical (unpaired) electrons. The number of Topliss-reactive ketones (excluding diaryl/α,β-unsaturated/α-hetero) is 1. The summed E-state index contributed by atoms with van der Waals surface area (Å²) in [6.07, 6.45) is 1.61. The van der Waals surface area contributed by atoms with Gasteiger partial charge in [-0.05, 0) is 13.0 Å². The van der Waals surface area contributed by atoms with Gasteiger partial charge in [0.25, 0.3) is 0 Å². The summed E-state index contributed by atoms with van der Waals surface area (Å²) in [4.78, 5) is 12.8. The molecule has 1 aliphatic rings. The second-order valence-electron chi connectivity index (χ2n) is 5.64. The van der Waals surface area contributed by atoms with Gasteiger partial charge in [-0.2, -0.15) is 5.10 Å². The number of carbonyl (C=O) groups is 1. The molecule has 0 aliphatic heterocycles. The molecule has 0 amide bonds. The van der Waals surface area contributed by atoms with Crippen molar-refractivity contribution in [3.63, 3.8) is 0 Å². The van der Waals surface area contributed by atoms with E-state index in [1.54, 1.807) is 36.5 Å². The molecule has 4 rings (SSSR count). The molecule has 5 heteroatoms. The monoisotopic (exact) mass is 306 g/mol. The van der Waals surface area contributed by atoms with Crippen LogP contribution in [0.2, 0.25) is 0 Å². The number of aromatic nitrogens is 2. The maximum absolute atomic E-state index is 12.8. The molecular formula is C18H14N2O3. The van der Waals surface area contributed by atoms with Crippen LogP contribution in [0.3, 0.4) is 0 Å². The van der Waals surface area contributed by atoms with Crippen molar-refractivity contribution in [3.8, 4) is 0 Å². The highest BCUT2D eigenvalue weighted by atomic mass is 16.3. The molecule has 0 bridgehead atoms. The molecule has 0 fully saturated rings. The predicted octanol–water partition coefficient (Wildman–Crippen LogP) is 2.60. The molecule has 0 saturated carbocycles. The molecule has 1 heterocycles. The number of hydrogen-bond donors (Lipinski definition) is 2. The second kappa shape index (κ2) is 4.54. The number of ketones is 1. The number of nitrogens with zero attached hydrogens (tertiary/aromatic N) is 2. The van der Waals surface area contributed by atoms with Crippen LogP contribution in [-0.2, 0) is 10.5 Å². The third-order valence-electron chi connectivity index (χ3n) is 4.35. The van der Waals surface area contributed by atoms with E-state index in [9.17, 15) is 15.0 Å². The minimum atomic E-state index is -1.98. The molecule has 1 aromatic heterocycles. The number of aliphatic hydroxyl groups is 2. The van der Waals surface area contributed by atoms with Crippen LogP contribution in [0.15, 0.2) is 60.3 Å². The van der Waals surface area contributed by atoms with Gasteiger partial charge in [-0.3, -0.25) is 4.79 Å². The van der Waals surface area contributed by atoms with Gasteiger partial charge in [-0.15, -0.1) is 0 Å². The van der Waals surface area contributed by atoms with Crippen LogP contribution >= 0.6 is 0 Å². The maximum atomic E-state index is 12.8. The van der Waals surface area contributed by atoms with Gasteiger partial charge >= 0.3 is 0 Å². The van der Waals surface area contributed by atoms with Crippen LogP contribution < -0.4 is 0 Å². The highest BCUT2D eigenvalue weighted by molar-refractivity contribution is 6.10. The van der Waals surface area contributed by atoms with Crippen molar-refractivity contribution in [1.29, 1.82) is 0 Å². The van der Waals surface area contributed by atoms with E-state index in [0.717, 1.165) is 5.39 Å². The van der Waals surface area contributed by atoms with E-state index >= 15 is 0 Å². The molecule has 1 aliphatic carbocycles. The zero-order valence-corrected chi connectivity index (χ0v) is 12.4. The maximum Gasteiger partial charge on any atom is 0.249 e. The lowest BCUT2D eigenvalue weighted by atomic mass is 9.83. The SMILES string of the molecule is CC1=C(O)c2ccccc2[C@@](O)(n2ncc3ccccc32)C1=O. The van der Waals surface area contributed by atoms with Gasteiger partial charge < -0.3 is 10.2 Å². The van der Waals surface area contributed by atoms with E-state index in [-0.39, 0.29) is 11.3 Å². The first-order chi connectivity index (χ1) is 11.0. The molecular weight excluding hydrogens is 292 g/mol. The summed E-state index contributed by atoms with van der Waals surface area (Å²) < 4.78 is 1.32. The lowest BCUT2D eigenvalue weighted by molar-refractivity contribution is -0.138. The largest absolute Gasteiger partial charge is 0.507 e. The van der Waals surface area contributed by atoms with E-state index < -0.39 is 11.5 Å². The normalized spacial score (nSPS) is 20.9. The van der Waals surface area contributed by atoms with E-state index in [0.29, 0.717) is 16.6 Å². The summed E-state index contributed by atoms with van der Waals surface area (Å²) in [5.41, 5.74) is -0.456. The van der Waals surface area contributed by atoms with Crippen molar-refractivity contribution < 1.29 is 15.0 Å². The first kappa shape index (κ1) is 13.7. The smallest absolute Gasteiger partial charge is 0.249 e. The third-order valence-corrected chi connectivity index (χ3v) is 4.35. The summed E-state index contributed by atoms with van der Waals surface area (Å²) >= 11 is 0. The molecule has 3 aromatic rings. The zero-order valence-electron chi connectivity index (χ0n) is 12.4. The van der Waals surface area contributed by atoms with Gasteiger partial charge in [0.2, 0.25) is 11.5 Å². The molecule has 5 nitrogen and oxygen atoms in total. The van der Waals surface area contributed by atoms with E-state index in [1.807, 2.05) is 18.2 Å². The molecule has 1 atom stereocenters. The fraction of sp³-hybridized carbons (Fsp3) is 0.111. The average molecular weight is 306 g/mol. The van der Waals surface area contributed by atoms with Crippen LogP contribution in [0.4, 0.5) is 0 Å². The second-order valence-corrected chi connectivity index (χ2v) is 5.64. The molecule has 0 unspecified atom stereocenters. The minimum Gasteiger partial charge on any atom is -0.507 e. The van der Waals surface area contributed by atoms with Crippen molar-refractivity contribution in [3.05, 3.63) is 71.4 Å². The third kappa shape index (κ3) is 1.65. The van der Waals surface area contributed by atoms with Crippen LogP contribution in [-0.4, -0.2) is 25.8 Å². The van der Waals surface area contributed by atoms with E-state index in [4.69, 9.17) is 0 Å². The number of aliphatic hydroxyl groups excluding tert-OH is 1. The lowest BCUT2D eigenvalue weighted by Gasteiger charge is -2.33. The predicted molar refractivity (Wildman–Crippen MR) is 85.7 cm³/mol. The summed E-state index contributed by atoms with van der Waals surface area (Å²) in [5.74, 6) is -0.686. The lowest BCUT2D eigenvalue weighted by Crippen LogP contribution is -2.47. The topological polar surface area (TPSA) is 75.3 Å². The highest BCUT2D eigenvalue weighted by Crippen LogP contribution is 2.39. The Morgan fingerprint density at radius 2 is 1.78 bits per heavy atom. The van der Waals surface area contributed by atoms with E-state index in [1.165, 1.54) is 11.6 Å². The van der Waals surface area contributed by atoms with Crippen molar-refractivity contribution in [1.82, 2.24) is 9.78 Å². The molecule has 23 heavy (non-hydrogen) atoms. The van der Waals surface area contributed by atoms with Gasteiger partial charge in [0, 0.05) is 22.1 Å². The summed E-state index contributed by atoms with van der Waals surface area (Å²) in [5, 5.41) is 26.7. The van der Waals surface area contributed by atoms with E-state index in [2.05, 4.69) is 5.10 Å². The number of benzene rings is 2. The average Bonchev–Trinajstić information content (AvgIpc) is 3.03. The Hall–Kier alpha value is -2.92. The quantitative estimate of drug-likeness (QED) is 0.724. The van der Waals surface area contributed by atoms with Gasteiger partial charge in [0.15, 0.2) is 0 Å². The number of para-hydroxylation sites is 1. The Labute approximate surface area is 132 Å². The summed E-state index contributed by atoms with van der Waals surface area (Å²) in [6.45, 7) is 1.50. The molecule has 2 aromatic carbocycles. The number of fused-ring (bicyclic) bond motifs is 2. The Bertz CT molecular complexity index is 987. The van der Waals surface area contributed by atoms with Crippen LogP contribution in [0.5, 0.6) is 0 Å². The summed E-state index contributed by atoms with van der Waals surface area (Å²) in [6, 6.07) is 14.1. The van der Waals surface area contributed by atoms with Crippen LogP contribution in [0.25, 0.3) is 16.7 Å². The Kier molecular flexibility index (Phi) is 2.71. The molecule has 0 saturated heterocycles. The first-order valence-corrected chi connectivity index (χ1v) is 7.25. The summed E-state index contributed by atoms with van der Waals surface area (Å²) in [7, 11) is 0. The standard InChI is InChI=1S/C18H14N2O3/c1-11-16(21)13-7-3-4-8-14(13)18(23,17(11)22)20-15-9-5-2-6-12(15)10-19-20/h2-10,21,23H,1H3/t18-/m0/s1. The van der Waals surface area contributed by atoms with Crippen molar-refractivity contribution in [2.75, 3.05) is 0 Å². The van der Waals surface area contributed by atoms with Crippen molar-refractivity contribution in [2.24, 2.45) is 0 Å². The van der Waals surface area contributed by atoms with Gasteiger partial charge in [-0.1, -0.05) is 42.5 Å². The minimum absolute atomic E-state index is 0.105. The van der Waals surface area contributed by atoms with Gasteiger partial charge in [0.05, 0.1) is 11.7 Å². The molecule has 114 valence electrons. The van der Waals surface area contributed by atoms with Crippen molar-refractivity contribution in [2.45, 2.75) is 12.6 Å². The fourth-order valence-corrected chi connectivity index (χ4v) is 3.13. The van der Waals surface area contributed by atoms with Gasteiger partial charge in [-0.25, -0.2) is 4.68 Å². The van der Waals surface area contributed by atoms with Crippen molar-refractivity contribution >= 4 is 22.4 Å². The van der Waals surface area contributed by atoms with Crippen LogP contribution in [0.1, 0.15) is 18.1 Å². The number of rotatable bonds is 1. The Balaban J connectivity index is 2.09. The van der Waals surface area contributed by atoms with Gasteiger partial charge in [0.1, 0.15) is 5.76 Å². The fourth-order valence-electron chi connectivity index (χ4n) is 3.13. The first-order valence-electron chi connectivity index (χ1n) is 7.25. The Morgan fingerprint density at radius 3 is 2.61 bits per heavy atom. The number of carbonyl (C=O) groups excluding carboxylic acids is 1. The zero-order chi connectivity index (χ0) is 16.2. The Morgan fingerprint density at radius 1 is 1.09 bits per heavy atom. The molecule has 0 spiro atoms.